The van der Waals surface area contributed by atoms with Gasteiger partial charge in [0.05, 0.1) is 7.11 Å². The number of rotatable bonds is 7. The predicted molar refractivity (Wildman–Crippen MR) is 93.3 cm³/mol. The highest BCUT2D eigenvalue weighted by Crippen LogP contribution is 2.42. The highest BCUT2D eigenvalue weighted by atomic mass is 32.3. The minimum atomic E-state index is -3.75. The van der Waals surface area contributed by atoms with Gasteiger partial charge in [0.1, 0.15) is 0 Å². The Hall–Kier alpha value is -0.220. The van der Waals surface area contributed by atoms with Crippen LogP contribution in [0.15, 0.2) is 12.7 Å². The van der Waals surface area contributed by atoms with Crippen LogP contribution in [0, 0.1) is 0 Å². The molecule has 0 aromatic heterocycles. The second kappa shape index (κ2) is 9.73. The molecule has 0 aliphatic rings. The van der Waals surface area contributed by atoms with Gasteiger partial charge in [-0.25, -0.2) is 4.79 Å². The number of hydrogen-bond donors (Lipinski definition) is 0. The molecule has 0 aromatic carbocycles. The van der Waals surface area contributed by atoms with E-state index >= 15 is 0 Å². The minimum absolute atomic E-state index is 0.318. The summed E-state index contributed by atoms with van der Waals surface area (Å²) in [5.41, 5.74) is 0. The van der Waals surface area contributed by atoms with E-state index in [1.807, 2.05) is 26.4 Å². The van der Waals surface area contributed by atoms with Gasteiger partial charge in [0.2, 0.25) is 0 Å². The maximum Gasteiger partial charge on any atom is 0.409 e. The third-order valence-corrected chi connectivity index (χ3v) is 8.28. The Balaban J connectivity index is 0. The van der Waals surface area contributed by atoms with Crippen molar-refractivity contribution >= 4 is 37.0 Å². The highest BCUT2D eigenvalue weighted by molar-refractivity contribution is 8.31. The molecule has 0 rings (SSSR count). The van der Waals surface area contributed by atoms with Crippen molar-refractivity contribution in [1.29, 1.82) is 0 Å². The van der Waals surface area contributed by atoms with Crippen LogP contribution in [0.3, 0.4) is 0 Å². The lowest BCUT2D eigenvalue weighted by Crippen LogP contribution is -2.12. The first-order valence-electron chi connectivity index (χ1n) is 6.14. The lowest BCUT2D eigenvalue weighted by Gasteiger charge is -2.27. The van der Waals surface area contributed by atoms with Crippen LogP contribution in [-0.4, -0.2) is 58.0 Å². The molecule has 6 nitrogen and oxygen atoms in total. The van der Waals surface area contributed by atoms with E-state index in [4.69, 9.17) is 7.81 Å². The summed E-state index contributed by atoms with van der Waals surface area (Å²) in [6, 6.07) is 0. The summed E-state index contributed by atoms with van der Waals surface area (Å²) in [5, 5.41) is 0. The SMILES string of the molecule is C=CC(=O)OS(C)(C)CC.CCS(C)(C)OS(=O)(=O)OC. The number of hydrogen-bond acceptors (Lipinski definition) is 6. The molecule has 0 saturated heterocycles. The van der Waals surface area contributed by atoms with Crippen LogP contribution < -0.4 is 0 Å². The molecule has 0 fully saturated rings. The average Bonchev–Trinajstić information content (AvgIpc) is 2.38. The van der Waals surface area contributed by atoms with Gasteiger partial charge in [-0.1, -0.05) is 30.7 Å². The second-order valence-corrected chi connectivity index (χ2v) is 13.5. The molecule has 0 aromatic rings. The molecule has 0 aliphatic carbocycles. The van der Waals surface area contributed by atoms with E-state index in [9.17, 15) is 13.2 Å². The quantitative estimate of drug-likeness (QED) is 0.646. The number of carbonyl (C=O) groups excluding carboxylic acids is 1. The van der Waals surface area contributed by atoms with E-state index in [0.717, 1.165) is 12.9 Å². The van der Waals surface area contributed by atoms with Gasteiger partial charge in [-0.05, 0) is 30.8 Å². The summed E-state index contributed by atoms with van der Waals surface area (Å²) in [4.78, 5) is 10.7. The van der Waals surface area contributed by atoms with Crippen molar-refractivity contribution in [3.8, 4) is 0 Å². The van der Waals surface area contributed by atoms with Gasteiger partial charge in [-0.15, -0.1) is 10.3 Å². The van der Waals surface area contributed by atoms with Crippen molar-refractivity contribution in [2.24, 2.45) is 0 Å². The van der Waals surface area contributed by atoms with Crippen molar-refractivity contribution < 1.29 is 25.2 Å². The van der Waals surface area contributed by atoms with Gasteiger partial charge in [-0.2, -0.15) is 12.0 Å². The van der Waals surface area contributed by atoms with Crippen LogP contribution >= 0.6 is 20.6 Å². The van der Waals surface area contributed by atoms with E-state index in [0.29, 0.717) is 5.75 Å². The van der Waals surface area contributed by atoms with E-state index < -0.39 is 31.0 Å². The van der Waals surface area contributed by atoms with E-state index in [1.165, 1.54) is 6.08 Å². The summed E-state index contributed by atoms with van der Waals surface area (Å²) in [6.07, 6.45) is 8.64. The molecule has 0 unspecified atom stereocenters. The molecule has 0 spiro atoms. The van der Waals surface area contributed by atoms with Gasteiger partial charge in [-0.3, -0.25) is 4.18 Å². The summed E-state index contributed by atoms with van der Waals surface area (Å²) < 4.78 is 35.5. The smallest absolute Gasteiger partial charge is 0.409 e. The van der Waals surface area contributed by atoms with Crippen molar-refractivity contribution in [2.75, 3.05) is 43.6 Å². The Morgan fingerprint density at radius 3 is 1.76 bits per heavy atom. The van der Waals surface area contributed by atoms with E-state index in [-0.39, 0.29) is 5.97 Å². The molecule has 0 N–H and O–H groups in total. The molecule has 0 heterocycles. The van der Waals surface area contributed by atoms with Gasteiger partial charge in [0.15, 0.2) is 0 Å². The molecule has 0 atom stereocenters. The highest BCUT2D eigenvalue weighted by Gasteiger charge is 2.19. The first kappa shape index (κ1) is 23.1. The zero-order chi connectivity index (χ0) is 17.3. The summed E-state index contributed by atoms with van der Waals surface area (Å²) >= 11 is 0. The van der Waals surface area contributed by atoms with E-state index in [2.05, 4.69) is 10.8 Å². The maximum atomic E-state index is 10.8. The van der Waals surface area contributed by atoms with Crippen LogP contribution in [0.25, 0.3) is 0 Å². The van der Waals surface area contributed by atoms with Gasteiger partial charge < -0.3 is 4.18 Å². The fourth-order valence-corrected chi connectivity index (χ4v) is 3.66. The predicted octanol–water partition coefficient (Wildman–Crippen LogP) is 2.61. The standard InChI is InChI=1S/C7H14O2S.C5H14O4S2/c1-5-7(8)9-10(3,4)6-2;1-5-10(3,4)9-11(6,7)8-2/h5H,1,6H2,2-4H3;5H2,1-4H3. The second-order valence-electron chi connectivity index (χ2n) is 4.70. The molecule has 9 heteroatoms. The minimum Gasteiger partial charge on any atom is -0.413 e. The Morgan fingerprint density at radius 1 is 1.05 bits per heavy atom. The van der Waals surface area contributed by atoms with Crippen LogP contribution in [0.5, 0.6) is 0 Å². The summed E-state index contributed by atoms with van der Waals surface area (Å²) in [7, 11) is -5.32. The Kier molecular flexibility index (Phi) is 10.7. The van der Waals surface area contributed by atoms with Crippen molar-refractivity contribution in [3.63, 3.8) is 0 Å². The molecular formula is C12H28O6S3. The molecule has 21 heavy (non-hydrogen) atoms. The van der Waals surface area contributed by atoms with Crippen molar-refractivity contribution in [2.45, 2.75) is 13.8 Å². The van der Waals surface area contributed by atoms with Crippen LogP contribution in [0.2, 0.25) is 0 Å². The Morgan fingerprint density at radius 2 is 1.48 bits per heavy atom. The first-order chi connectivity index (χ1) is 9.34. The van der Waals surface area contributed by atoms with Crippen molar-refractivity contribution in [1.82, 2.24) is 0 Å². The van der Waals surface area contributed by atoms with Crippen LogP contribution in [0.4, 0.5) is 0 Å². The lowest BCUT2D eigenvalue weighted by atomic mass is 10.7. The normalized spacial score (nSPS) is 13.7. The molecule has 130 valence electrons. The molecule has 0 bridgehead atoms. The zero-order valence-corrected chi connectivity index (χ0v) is 16.3. The third kappa shape index (κ3) is 13.2. The van der Waals surface area contributed by atoms with Gasteiger partial charge in [0.25, 0.3) is 0 Å². The van der Waals surface area contributed by atoms with Crippen LogP contribution in [-0.2, 0) is 27.2 Å². The third-order valence-electron chi connectivity index (χ3n) is 2.34. The fourth-order valence-electron chi connectivity index (χ4n) is 0.617. The molecule has 0 amide bonds. The largest absolute Gasteiger partial charge is 0.413 e. The van der Waals surface area contributed by atoms with Gasteiger partial charge in [0, 0.05) is 11.8 Å². The summed E-state index contributed by atoms with van der Waals surface area (Å²) in [5.74, 6) is 1.27. The Bertz CT molecular complexity index is 428. The molecular weight excluding hydrogens is 336 g/mol. The molecule has 0 radical (unpaired) electrons. The van der Waals surface area contributed by atoms with E-state index in [1.54, 1.807) is 12.5 Å². The zero-order valence-electron chi connectivity index (χ0n) is 13.9. The first-order valence-corrected chi connectivity index (χ1v) is 12.6. The fraction of sp³-hybridized carbons (Fsp3) is 0.750. The Labute approximate surface area is 132 Å². The van der Waals surface area contributed by atoms with Gasteiger partial charge >= 0.3 is 16.4 Å². The topological polar surface area (TPSA) is 78.9 Å². The summed E-state index contributed by atoms with van der Waals surface area (Å²) in [6.45, 7) is 7.20. The number of carbonyl (C=O) groups is 1. The molecule has 0 saturated carbocycles. The lowest BCUT2D eigenvalue weighted by molar-refractivity contribution is -0.128. The monoisotopic (exact) mass is 364 g/mol. The maximum absolute atomic E-state index is 10.8. The average molecular weight is 365 g/mol. The molecule has 0 aliphatic heterocycles. The van der Waals surface area contributed by atoms with Crippen molar-refractivity contribution in [3.05, 3.63) is 12.7 Å². The van der Waals surface area contributed by atoms with Crippen LogP contribution in [0.1, 0.15) is 13.8 Å².